The number of fused-ring (bicyclic) bond motifs is 1. The molecule has 0 saturated carbocycles. The first-order chi connectivity index (χ1) is 18.1. The smallest absolute Gasteiger partial charge is 0.276 e. The molecule has 4 heterocycles. The average Bonchev–Trinajstić information content (AvgIpc) is 3.59. The number of nitrogens with one attached hydrogen (secondary N) is 2. The molecule has 0 radical (unpaired) electrons. The molecule has 9 heteroatoms. The number of aliphatic imine (C=N–C) groups is 1. The number of hydrogen-bond acceptors (Lipinski definition) is 7. The number of anilines is 1. The summed E-state index contributed by atoms with van der Waals surface area (Å²) in [6, 6.07) is 9.84. The highest BCUT2D eigenvalue weighted by Crippen LogP contribution is 2.25. The van der Waals surface area contributed by atoms with Gasteiger partial charge in [0.2, 0.25) is 0 Å². The van der Waals surface area contributed by atoms with Crippen LogP contribution in [0.3, 0.4) is 0 Å². The number of amides is 1. The van der Waals surface area contributed by atoms with Gasteiger partial charge < -0.3 is 15.0 Å². The summed E-state index contributed by atoms with van der Waals surface area (Å²) in [5.41, 5.74) is 5.85. The Morgan fingerprint density at radius 1 is 1.19 bits per heavy atom. The van der Waals surface area contributed by atoms with Crippen molar-refractivity contribution in [1.82, 2.24) is 25.0 Å². The van der Waals surface area contributed by atoms with E-state index in [2.05, 4.69) is 48.1 Å². The number of likely N-dealkylation sites (tertiary alicyclic amines) is 1. The van der Waals surface area contributed by atoms with Gasteiger partial charge in [0.25, 0.3) is 5.91 Å². The van der Waals surface area contributed by atoms with Crippen LogP contribution < -0.4 is 5.32 Å². The number of aromatic nitrogens is 3. The first-order valence-corrected chi connectivity index (χ1v) is 12.7. The molecular weight excluding hydrogens is 466 g/mol. The Morgan fingerprint density at radius 3 is 2.73 bits per heavy atom. The van der Waals surface area contributed by atoms with Crippen molar-refractivity contribution in [2.75, 3.05) is 44.7 Å². The highest BCUT2D eigenvalue weighted by Gasteiger charge is 2.17. The molecule has 192 valence electrons. The molecule has 2 saturated heterocycles. The van der Waals surface area contributed by atoms with Crippen LogP contribution in [0.4, 0.5) is 5.69 Å². The average molecular weight is 500 g/mol. The first kappa shape index (κ1) is 24.9. The van der Waals surface area contributed by atoms with Crippen molar-refractivity contribution in [2.45, 2.75) is 26.3 Å². The van der Waals surface area contributed by atoms with Crippen LogP contribution in [-0.4, -0.2) is 77.0 Å². The van der Waals surface area contributed by atoms with Gasteiger partial charge in [-0.05, 0) is 81.1 Å². The Morgan fingerprint density at radius 2 is 2.00 bits per heavy atom. The van der Waals surface area contributed by atoms with Crippen LogP contribution in [0.2, 0.25) is 0 Å². The summed E-state index contributed by atoms with van der Waals surface area (Å²) in [7, 11) is 0. The summed E-state index contributed by atoms with van der Waals surface area (Å²) in [6.07, 6.45) is 8.08. The minimum atomic E-state index is -0.274. The van der Waals surface area contributed by atoms with E-state index in [-0.39, 0.29) is 5.91 Å². The quantitative estimate of drug-likeness (QED) is 0.358. The molecule has 0 aliphatic carbocycles. The molecule has 0 atom stereocenters. The fourth-order valence-electron chi connectivity index (χ4n) is 4.81. The molecule has 0 unspecified atom stereocenters. The number of hydrogen-bond donors (Lipinski definition) is 2. The third kappa shape index (κ3) is 5.95. The maximum absolute atomic E-state index is 13.1. The molecule has 2 aromatic heterocycles. The molecule has 9 nitrogen and oxygen atoms in total. The highest BCUT2D eigenvalue weighted by atomic mass is 16.5. The number of H-pyrrole nitrogens is 1. The number of carbonyl (C=O) groups is 1. The largest absolute Gasteiger partial charge is 0.378 e. The van der Waals surface area contributed by atoms with E-state index in [0.29, 0.717) is 24.6 Å². The van der Waals surface area contributed by atoms with Crippen molar-refractivity contribution >= 4 is 34.8 Å². The van der Waals surface area contributed by atoms with Crippen LogP contribution in [0.5, 0.6) is 0 Å². The summed E-state index contributed by atoms with van der Waals surface area (Å²) in [4.78, 5) is 26.3. The van der Waals surface area contributed by atoms with Crippen molar-refractivity contribution in [1.29, 1.82) is 0 Å². The predicted octanol–water partition coefficient (Wildman–Crippen LogP) is 4.08. The SMILES string of the molecule is C=N/C=C(\C=C(/C)c1ccc2[nH]nc(C(=O)Nc3ccc(CN4CCCC4)nc3)c2c1)N1CCOCC1. The Kier molecular flexibility index (Phi) is 7.72. The monoisotopic (exact) mass is 499 g/mol. The number of rotatable bonds is 8. The fourth-order valence-corrected chi connectivity index (χ4v) is 4.81. The van der Waals surface area contributed by atoms with Gasteiger partial charge in [-0.25, -0.2) is 0 Å². The predicted molar refractivity (Wildman–Crippen MR) is 146 cm³/mol. The van der Waals surface area contributed by atoms with Gasteiger partial charge in [-0.15, -0.1) is 0 Å². The van der Waals surface area contributed by atoms with E-state index in [1.807, 2.05) is 37.3 Å². The third-order valence-electron chi connectivity index (χ3n) is 6.86. The van der Waals surface area contributed by atoms with Crippen molar-refractivity contribution < 1.29 is 9.53 Å². The maximum atomic E-state index is 13.1. The molecule has 0 bridgehead atoms. The molecule has 5 rings (SSSR count). The Bertz CT molecular complexity index is 1310. The van der Waals surface area contributed by atoms with E-state index < -0.39 is 0 Å². The first-order valence-electron chi connectivity index (χ1n) is 12.7. The van der Waals surface area contributed by atoms with E-state index in [9.17, 15) is 4.79 Å². The summed E-state index contributed by atoms with van der Waals surface area (Å²) in [6.45, 7) is 11.8. The van der Waals surface area contributed by atoms with Crippen molar-refractivity contribution in [2.24, 2.45) is 4.99 Å². The summed E-state index contributed by atoms with van der Waals surface area (Å²) >= 11 is 0. The lowest BCUT2D eigenvalue weighted by Gasteiger charge is -2.29. The molecule has 0 spiro atoms. The number of ether oxygens (including phenoxy) is 1. The third-order valence-corrected chi connectivity index (χ3v) is 6.86. The van der Waals surface area contributed by atoms with Crippen LogP contribution in [-0.2, 0) is 11.3 Å². The van der Waals surface area contributed by atoms with Crippen LogP contribution in [0.15, 0.2) is 59.5 Å². The zero-order valence-corrected chi connectivity index (χ0v) is 21.2. The minimum Gasteiger partial charge on any atom is -0.378 e. The van der Waals surface area contributed by atoms with Gasteiger partial charge in [0.15, 0.2) is 5.69 Å². The Hall–Kier alpha value is -3.82. The molecular formula is C28H33N7O2. The fraction of sp³-hybridized carbons (Fsp3) is 0.357. The molecule has 1 amide bonds. The molecule has 2 N–H and O–H groups in total. The number of aromatic amines is 1. The number of pyridine rings is 1. The van der Waals surface area contributed by atoms with Gasteiger partial charge in [-0.2, -0.15) is 5.10 Å². The second kappa shape index (κ2) is 11.5. The zero-order valence-electron chi connectivity index (χ0n) is 21.2. The number of morpholine rings is 1. The Balaban J connectivity index is 1.32. The van der Waals surface area contributed by atoms with Gasteiger partial charge in [-0.1, -0.05) is 6.07 Å². The topological polar surface area (TPSA) is 98.7 Å². The summed E-state index contributed by atoms with van der Waals surface area (Å²) < 4.78 is 5.48. The van der Waals surface area contributed by atoms with Gasteiger partial charge in [0, 0.05) is 31.2 Å². The molecule has 2 aliphatic rings. The number of allylic oxidation sites excluding steroid dienone is 2. The van der Waals surface area contributed by atoms with E-state index in [0.717, 1.165) is 66.2 Å². The normalized spacial score (nSPS) is 17.4. The highest BCUT2D eigenvalue weighted by molar-refractivity contribution is 6.11. The lowest BCUT2D eigenvalue weighted by molar-refractivity contribution is 0.0553. The van der Waals surface area contributed by atoms with E-state index in [1.165, 1.54) is 12.8 Å². The lowest BCUT2D eigenvalue weighted by atomic mass is 10.0. The van der Waals surface area contributed by atoms with Gasteiger partial charge >= 0.3 is 0 Å². The summed E-state index contributed by atoms with van der Waals surface area (Å²) in [5.74, 6) is -0.274. The van der Waals surface area contributed by atoms with E-state index in [1.54, 1.807) is 12.4 Å². The van der Waals surface area contributed by atoms with E-state index in [4.69, 9.17) is 4.74 Å². The molecule has 3 aromatic rings. The number of carbonyl (C=O) groups excluding carboxylic acids is 1. The molecule has 37 heavy (non-hydrogen) atoms. The molecule has 2 aliphatic heterocycles. The summed E-state index contributed by atoms with van der Waals surface area (Å²) in [5, 5.41) is 11.0. The lowest BCUT2D eigenvalue weighted by Crippen LogP contribution is -2.35. The van der Waals surface area contributed by atoms with Crippen molar-refractivity contribution in [3.63, 3.8) is 0 Å². The van der Waals surface area contributed by atoms with E-state index >= 15 is 0 Å². The van der Waals surface area contributed by atoms with Crippen LogP contribution in [0.25, 0.3) is 16.5 Å². The van der Waals surface area contributed by atoms with Crippen LogP contribution in [0.1, 0.15) is 41.5 Å². The molecule has 1 aromatic carbocycles. The minimum absolute atomic E-state index is 0.274. The van der Waals surface area contributed by atoms with Gasteiger partial charge in [-0.3, -0.25) is 24.8 Å². The van der Waals surface area contributed by atoms with Gasteiger partial charge in [0.05, 0.1) is 42.0 Å². The second-order valence-electron chi connectivity index (χ2n) is 9.47. The van der Waals surface area contributed by atoms with Crippen molar-refractivity contribution in [3.8, 4) is 0 Å². The van der Waals surface area contributed by atoms with Crippen LogP contribution >= 0.6 is 0 Å². The number of nitrogens with zero attached hydrogens (tertiary/aromatic N) is 5. The number of benzene rings is 1. The van der Waals surface area contributed by atoms with Crippen LogP contribution in [0, 0.1) is 0 Å². The van der Waals surface area contributed by atoms with Crippen molar-refractivity contribution in [3.05, 3.63) is 71.5 Å². The van der Waals surface area contributed by atoms with Gasteiger partial charge in [0.1, 0.15) is 0 Å². The standard InChI is InChI=1S/C28H33N7O2/c1-20(15-24(18-29-2)35-11-13-37-14-12-35)21-5-8-26-25(16-21)27(33-32-26)28(36)31-22-6-7-23(30-17-22)19-34-9-3-4-10-34/h5-8,15-18H,2-4,9-14,19H2,1H3,(H,31,36)(H,32,33)/b20-15+,24-18+. The maximum Gasteiger partial charge on any atom is 0.276 e. The molecule has 2 fully saturated rings. The second-order valence-corrected chi connectivity index (χ2v) is 9.47. The Labute approximate surface area is 216 Å². The zero-order chi connectivity index (χ0) is 25.6.